The number of rotatable bonds is 38. The molecule has 0 spiro atoms. The van der Waals surface area contributed by atoms with Crippen molar-refractivity contribution in [2.24, 2.45) is 0 Å². The van der Waals surface area contributed by atoms with Crippen molar-refractivity contribution in [3.8, 4) is 46.8 Å². The van der Waals surface area contributed by atoms with Crippen LogP contribution in [-0.4, -0.2) is 79.3 Å². The summed E-state index contributed by atoms with van der Waals surface area (Å²) in [6, 6.07) is 37.7. The summed E-state index contributed by atoms with van der Waals surface area (Å²) in [4.78, 5) is 0. The highest BCUT2D eigenvalue weighted by molar-refractivity contribution is 5.56. The Morgan fingerprint density at radius 2 is 0.673 bits per heavy atom. The van der Waals surface area contributed by atoms with Gasteiger partial charge in [0.05, 0.1) is 51.8 Å². The molecule has 0 bridgehead atoms. The summed E-state index contributed by atoms with van der Waals surface area (Å²) >= 11 is 0. The van der Waals surface area contributed by atoms with E-state index in [2.05, 4.69) is 168 Å². The van der Waals surface area contributed by atoms with Crippen LogP contribution in [0, 0.1) is 12.3 Å². The van der Waals surface area contributed by atoms with E-state index in [4.69, 9.17) is 63.3 Å². The summed E-state index contributed by atoms with van der Waals surface area (Å²) in [6.45, 7) is 41.9. The molecular weight excluding hydrogens is 1330 g/mol. The van der Waals surface area contributed by atoms with Gasteiger partial charge in [0.25, 0.3) is 0 Å². The predicted molar refractivity (Wildman–Crippen MR) is 454 cm³/mol. The predicted octanol–water partition coefficient (Wildman–Crippen LogP) is 25.3. The third-order valence-corrected chi connectivity index (χ3v) is 19.9. The average Bonchev–Trinajstić information content (AvgIpc) is 0.802. The van der Waals surface area contributed by atoms with Gasteiger partial charge in [-0.1, -0.05) is 221 Å². The fourth-order valence-electron chi connectivity index (χ4n) is 12.3. The Bertz CT molecular complexity index is 3290. The van der Waals surface area contributed by atoms with Gasteiger partial charge in [-0.3, -0.25) is 0 Å². The van der Waals surface area contributed by atoms with Gasteiger partial charge >= 0.3 is 0 Å². The van der Waals surface area contributed by atoms with E-state index in [9.17, 15) is 0 Å². The van der Waals surface area contributed by atoms with Crippen molar-refractivity contribution in [1.82, 2.24) is 0 Å². The lowest BCUT2D eigenvalue weighted by Gasteiger charge is -2.27. The molecular formula is C95H150O12. The maximum absolute atomic E-state index is 6.55. The molecule has 602 valence electrons. The number of terminal acetylenes is 1. The molecule has 12 heteroatoms. The highest BCUT2D eigenvalue weighted by Crippen LogP contribution is 2.37. The van der Waals surface area contributed by atoms with Gasteiger partial charge in [-0.05, 0) is 181 Å². The molecule has 0 amide bonds. The summed E-state index contributed by atoms with van der Waals surface area (Å²) in [7, 11) is 3.30. The number of hydrogen-bond acceptors (Lipinski definition) is 12. The molecule has 6 aromatic rings. The molecule has 0 aliphatic heterocycles. The molecule has 6 aromatic carbocycles. The number of ether oxygens (including phenoxy) is 12. The van der Waals surface area contributed by atoms with Crippen molar-refractivity contribution in [2.75, 3.05) is 67.1 Å². The molecule has 12 nitrogen and oxygen atoms in total. The molecule has 0 atom stereocenters. The highest BCUT2D eigenvalue weighted by Gasteiger charge is 2.26. The molecule has 2 aliphatic carbocycles. The van der Waals surface area contributed by atoms with E-state index in [0.29, 0.717) is 105 Å². The molecule has 2 fully saturated rings. The SMILES string of the molecule is C.C.C.C.C.C.C#Cc1cc(COC)c(OCCOc2ccc(C(C)(C)CC)cc2)c(COC)c1.C=Cc1cc(COCC)c(OCCOc2ccc(C(C)(C)CC)cc2)c(COCC)c1.CCC(C)(C)c1ccc(OCCOc2c(COC3CCCCC3)cc(C(C)(C)C)cc2COC2CCCCC2)cc1. The lowest BCUT2D eigenvalue weighted by molar-refractivity contribution is 0.0120. The van der Waals surface area contributed by atoms with Gasteiger partial charge in [-0.2, -0.15) is 0 Å². The molecule has 8 rings (SSSR count). The maximum Gasteiger partial charge on any atom is 0.130 e. The quantitative estimate of drug-likeness (QED) is 0.0272. The topological polar surface area (TPSA) is 111 Å². The fraction of sp³-hybridized carbons (Fsp3) is 0.579. The normalized spacial score (nSPS) is 13.0. The van der Waals surface area contributed by atoms with Crippen LogP contribution in [-0.2, 0) is 89.7 Å². The Hall–Kier alpha value is -6.82. The smallest absolute Gasteiger partial charge is 0.130 e. The van der Waals surface area contributed by atoms with Gasteiger partial charge in [0.15, 0.2) is 0 Å². The second kappa shape index (κ2) is 51.6. The molecule has 107 heavy (non-hydrogen) atoms. The van der Waals surface area contributed by atoms with Crippen LogP contribution < -0.4 is 28.4 Å². The van der Waals surface area contributed by atoms with Crippen molar-refractivity contribution in [3.05, 3.63) is 183 Å². The standard InChI is InChI=1S/C37H56O4.C27H38O4.C25H32O4.6CH4/c1-7-37(5,6)30-18-20-34(21-19-30)38-22-23-39-35-28(26-40-32-14-10-8-11-15-32)24-31(36(2,3)4)25-29(35)27-41-33-16-12-9-13-17-33;1-7-21-17-22(19-28-9-3)26(23(18-21)20-29-10-4)31-16-15-30-25-13-11-24(12-14-25)27(5,6)8-2;1-7-19-15-20(17-26-5)24(21(16-19)18-27-6)29-14-13-28-23-11-9-22(10-12-23)25(3,4)8-2;;;;;;/h18-21,24-25,32-33H,7-17,22-23,26-27H2,1-6H3;7,11-14,17-18H,1,8-10,15-16,19-20H2,2-6H3;1,9-12,15-16H,8,13-14,17-18H2,2-6H3;6*1H4. The first kappa shape index (κ1) is 100. The number of benzene rings is 6. The summed E-state index contributed by atoms with van der Waals surface area (Å²) in [6.07, 6.45) is 23.8. The molecule has 2 saturated carbocycles. The lowest BCUT2D eigenvalue weighted by atomic mass is 9.82. The van der Waals surface area contributed by atoms with Gasteiger partial charge < -0.3 is 56.8 Å². The molecule has 0 N–H and O–H groups in total. The Labute approximate surface area is 654 Å². The van der Waals surface area contributed by atoms with Gasteiger partial charge in [-0.25, -0.2) is 0 Å². The van der Waals surface area contributed by atoms with Crippen LogP contribution in [0.1, 0.15) is 292 Å². The highest BCUT2D eigenvalue weighted by atomic mass is 16.5. The van der Waals surface area contributed by atoms with Crippen molar-refractivity contribution < 1.29 is 56.8 Å². The molecule has 2 aliphatic rings. The summed E-state index contributed by atoms with van der Waals surface area (Å²) in [5, 5.41) is 0. The lowest BCUT2D eigenvalue weighted by Crippen LogP contribution is -2.20. The van der Waals surface area contributed by atoms with Crippen LogP contribution in [0.25, 0.3) is 6.08 Å². The largest absolute Gasteiger partial charge is 0.490 e. The summed E-state index contributed by atoms with van der Waals surface area (Å²) in [5.41, 5.74) is 13.7. The average molecular weight is 1480 g/mol. The molecule has 0 heterocycles. The Kier molecular flexibility index (Phi) is 48.3. The van der Waals surface area contributed by atoms with Gasteiger partial charge in [0.1, 0.15) is 74.1 Å². The van der Waals surface area contributed by atoms with Crippen LogP contribution in [0.3, 0.4) is 0 Å². The van der Waals surface area contributed by atoms with Crippen LogP contribution >= 0.6 is 0 Å². The van der Waals surface area contributed by atoms with E-state index in [1.165, 1.54) is 60.8 Å². The van der Waals surface area contributed by atoms with E-state index >= 15 is 0 Å². The van der Waals surface area contributed by atoms with Crippen molar-refractivity contribution in [2.45, 2.75) is 298 Å². The van der Waals surface area contributed by atoms with Crippen LogP contribution in [0.5, 0.6) is 34.5 Å². The second-order valence-electron chi connectivity index (χ2n) is 29.7. The second-order valence-corrected chi connectivity index (χ2v) is 29.7. The van der Waals surface area contributed by atoms with Gasteiger partial charge in [0.2, 0.25) is 0 Å². The minimum absolute atomic E-state index is 0. The first-order valence-corrected chi connectivity index (χ1v) is 37.6. The van der Waals surface area contributed by atoms with Gasteiger partial charge in [-0.15, -0.1) is 6.42 Å². The Morgan fingerprint density at radius 3 is 0.935 bits per heavy atom. The molecule has 0 saturated heterocycles. The first-order valence-electron chi connectivity index (χ1n) is 37.6. The zero-order chi connectivity index (χ0) is 73.3. The van der Waals surface area contributed by atoms with E-state index in [0.717, 1.165) is 124 Å². The van der Waals surface area contributed by atoms with E-state index in [1.54, 1.807) is 14.2 Å². The van der Waals surface area contributed by atoms with E-state index < -0.39 is 0 Å². The number of hydrogen-bond donors (Lipinski definition) is 0. The maximum atomic E-state index is 6.55. The third kappa shape index (κ3) is 32.7. The minimum atomic E-state index is 0. The van der Waals surface area contributed by atoms with Gasteiger partial charge in [0, 0.05) is 66.4 Å². The molecule has 0 aromatic heterocycles. The molecule has 0 radical (unpaired) electrons. The zero-order valence-corrected chi connectivity index (χ0v) is 64.9. The summed E-state index contributed by atoms with van der Waals surface area (Å²) in [5.74, 6) is 7.73. The monoisotopic (exact) mass is 1480 g/mol. The Balaban J connectivity index is 0.00000156. The van der Waals surface area contributed by atoms with Crippen LogP contribution in [0.15, 0.2) is 116 Å². The first-order chi connectivity index (χ1) is 48.5. The zero-order valence-electron chi connectivity index (χ0n) is 64.9. The Morgan fingerprint density at radius 1 is 0.383 bits per heavy atom. The minimum Gasteiger partial charge on any atom is -0.490 e. The van der Waals surface area contributed by atoms with E-state index in [1.807, 2.05) is 56.3 Å². The van der Waals surface area contributed by atoms with Crippen molar-refractivity contribution in [3.63, 3.8) is 0 Å². The summed E-state index contributed by atoms with van der Waals surface area (Å²) < 4.78 is 71.5. The third-order valence-electron chi connectivity index (χ3n) is 19.9. The number of methoxy groups -OCH3 is 2. The molecule has 0 unspecified atom stereocenters. The van der Waals surface area contributed by atoms with Crippen LogP contribution in [0.2, 0.25) is 0 Å². The van der Waals surface area contributed by atoms with E-state index in [-0.39, 0.29) is 66.2 Å². The fourth-order valence-corrected chi connectivity index (χ4v) is 12.3. The van der Waals surface area contributed by atoms with Crippen molar-refractivity contribution in [1.29, 1.82) is 0 Å². The van der Waals surface area contributed by atoms with Crippen molar-refractivity contribution >= 4 is 6.08 Å². The van der Waals surface area contributed by atoms with Crippen LogP contribution in [0.4, 0.5) is 0 Å².